The van der Waals surface area contributed by atoms with Gasteiger partial charge in [-0.2, -0.15) is 11.8 Å². The minimum Gasteiger partial charge on any atom is -0.388 e. The molecule has 1 aliphatic rings. The molecule has 0 radical (unpaired) electrons. The zero-order valence-electron chi connectivity index (χ0n) is 11.6. The molecule has 0 saturated carbocycles. The molecular formula is C15H22FNOS. The molecule has 106 valence electrons. The van der Waals surface area contributed by atoms with Gasteiger partial charge >= 0.3 is 0 Å². The van der Waals surface area contributed by atoms with E-state index in [0.717, 1.165) is 24.6 Å². The second kappa shape index (κ2) is 6.73. The van der Waals surface area contributed by atoms with Gasteiger partial charge in [-0.05, 0) is 18.9 Å². The first-order valence-electron chi connectivity index (χ1n) is 6.84. The lowest BCUT2D eigenvalue weighted by molar-refractivity contribution is 0.0777. The number of aliphatic hydroxyl groups is 1. The standard InChI is InChI=1S/C15H22FNOS/c1-11(9-17-7-8-19-10-12(17)2)15(18)13-5-3-4-6-14(13)16/h3-6,11-12,15,18H,7-10H2,1-2H3. The number of rotatable bonds is 4. The van der Waals surface area contributed by atoms with Gasteiger partial charge in [-0.1, -0.05) is 25.1 Å². The fraction of sp³-hybridized carbons (Fsp3) is 0.600. The molecule has 0 aliphatic carbocycles. The smallest absolute Gasteiger partial charge is 0.129 e. The number of hydrogen-bond donors (Lipinski definition) is 1. The van der Waals surface area contributed by atoms with Crippen LogP contribution in [-0.4, -0.2) is 40.6 Å². The van der Waals surface area contributed by atoms with E-state index >= 15 is 0 Å². The van der Waals surface area contributed by atoms with Crippen LogP contribution in [0, 0.1) is 11.7 Å². The molecule has 1 fully saturated rings. The average Bonchev–Trinajstić information content (AvgIpc) is 2.41. The van der Waals surface area contributed by atoms with Gasteiger partial charge in [-0.3, -0.25) is 4.90 Å². The highest BCUT2D eigenvalue weighted by atomic mass is 32.2. The molecule has 1 aliphatic heterocycles. The van der Waals surface area contributed by atoms with Gasteiger partial charge in [0.05, 0.1) is 6.10 Å². The van der Waals surface area contributed by atoms with Gasteiger partial charge in [0.15, 0.2) is 0 Å². The topological polar surface area (TPSA) is 23.5 Å². The number of halogens is 1. The number of aliphatic hydroxyl groups excluding tert-OH is 1. The Hall–Kier alpha value is -0.580. The average molecular weight is 283 g/mol. The van der Waals surface area contributed by atoms with Crippen LogP contribution in [0.1, 0.15) is 25.5 Å². The van der Waals surface area contributed by atoms with Crippen LogP contribution >= 0.6 is 11.8 Å². The number of thioether (sulfide) groups is 1. The molecule has 0 spiro atoms. The van der Waals surface area contributed by atoms with Crippen LogP contribution in [0.15, 0.2) is 24.3 Å². The molecule has 4 heteroatoms. The molecule has 3 unspecified atom stereocenters. The van der Waals surface area contributed by atoms with Crippen molar-refractivity contribution in [1.29, 1.82) is 0 Å². The van der Waals surface area contributed by atoms with E-state index in [2.05, 4.69) is 11.8 Å². The summed E-state index contributed by atoms with van der Waals surface area (Å²) in [5, 5.41) is 10.3. The van der Waals surface area contributed by atoms with E-state index in [1.54, 1.807) is 18.2 Å². The maximum absolute atomic E-state index is 13.7. The molecule has 2 rings (SSSR count). The van der Waals surface area contributed by atoms with Crippen molar-refractivity contribution in [3.05, 3.63) is 35.6 Å². The molecule has 0 aromatic heterocycles. The summed E-state index contributed by atoms with van der Waals surface area (Å²) in [7, 11) is 0. The highest BCUT2D eigenvalue weighted by molar-refractivity contribution is 7.99. The first-order chi connectivity index (χ1) is 9.09. The molecule has 19 heavy (non-hydrogen) atoms. The van der Waals surface area contributed by atoms with Crippen molar-refractivity contribution < 1.29 is 9.50 Å². The molecule has 0 bridgehead atoms. The van der Waals surface area contributed by atoms with E-state index in [1.165, 1.54) is 6.07 Å². The SMILES string of the molecule is CC(CN1CCSCC1C)C(O)c1ccccc1F. The Morgan fingerprint density at radius 3 is 2.89 bits per heavy atom. The van der Waals surface area contributed by atoms with Gasteiger partial charge in [0.2, 0.25) is 0 Å². The molecule has 1 aromatic rings. The lowest BCUT2D eigenvalue weighted by atomic mass is 9.96. The van der Waals surface area contributed by atoms with E-state index in [0.29, 0.717) is 11.6 Å². The minimum absolute atomic E-state index is 0.0300. The predicted octanol–water partition coefficient (Wildman–Crippen LogP) is 2.93. The maximum Gasteiger partial charge on any atom is 0.129 e. The Balaban J connectivity index is 1.99. The van der Waals surface area contributed by atoms with Gasteiger partial charge in [-0.25, -0.2) is 4.39 Å². The van der Waals surface area contributed by atoms with E-state index in [1.807, 2.05) is 18.7 Å². The third kappa shape index (κ3) is 3.71. The Labute approximate surface area is 119 Å². The minimum atomic E-state index is -0.733. The van der Waals surface area contributed by atoms with E-state index < -0.39 is 6.10 Å². The lowest BCUT2D eigenvalue weighted by Crippen LogP contribution is -2.43. The monoisotopic (exact) mass is 283 g/mol. The largest absolute Gasteiger partial charge is 0.388 e. The summed E-state index contributed by atoms with van der Waals surface area (Å²) in [5.74, 6) is 2.00. The second-order valence-electron chi connectivity index (χ2n) is 5.36. The highest BCUT2D eigenvalue weighted by Gasteiger charge is 2.25. The number of benzene rings is 1. The van der Waals surface area contributed by atoms with Crippen molar-refractivity contribution in [1.82, 2.24) is 4.90 Å². The van der Waals surface area contributed by atoms with Crippen LogP contribution in [-0.2, 0) is 0 Å². The van der Waals surface area contributed by atoms with Crippen molar-refractivity contribution >= 4 is 11.8 Å². The summed E-state index contributed by atoms with van der Waals surface area (Å²) < 4.78 is 13.7. The van der Waals surface area contributed by atoms with E-state index in [4.69, 9.17) is 0 Å². The first kappa shape index (κ1) is 14.8. The zero-order valence-corrected chi connectivity index (χ0v) is 12.4. The molecule has 0 amide bonds. The maximum atomic E-state index is 13.7. The van der Waals surface area contributed by atoms with Gasteiger partial charge in [-0.15, -0.1) is 0 Å². The molecular weight excluding hydrogens is 261 g/mol. The van der Waals surface area contributed by atoms with Crippen LogP contribution in [0.4, 0.5) is 4.39 Å². The quantitative estimate of drug-likeness (QED) is 0.919. The van der Waals surface area contributed by atoms with Crippen LogP contribution in [0.2, 0.25) is 0 Å². The molecule has 1 aromatic carbocycles. The van der Waals surface area contributed by atoms with Crippen molar-refractivity contribution in [3.63, 3.8) is 0 Å². The summed E-state index contributed by atoms with van der Waals surface area (Å²) >= 11 is 1.98. The zero-order chi connectivity index (χ0) is 13.8. The Morgan fingerprint density at radius 2 is 2.21 bits per heavy atom. The Kier molecular flexibility index (Phi) is 5.25. The van der Waals surface area contributed by atoms with Crippen LogP contribution in [0.25, 0.3) is 0 Å². The van der Waals surface area contributed by atoms with Crippen LogP contribution in [0.5, 0.6) is 0 Å². The third-order valence-electron chi connectivity index (χ3n) is 3.79. The van der Waals surface area contributed by atoms with E-state index in [9.17, 15) is 9.50 Å². The predicted molar refractivity (Wildman–Crippen MR) is 78.9 cm³/mol. The van der Waals surface area contributed by atoms with Crippen molar-refractivity contribution in [3.8, 4) is 0 Å². The lowest BCUT2D eigenvalue weighted by Gasteiger charge is -2.36. The normalized spacial score (nSPS) is 24.1. The number of nitrogens with zero attached hydrogens (tertiary/aromatic N) is 1. The molecule has 2 nitrogen and oxygen atoms in total. The molecule has 3 atom stereocenters. The van der Waals surface area contributed by atoms with Gasteiger partial charge in [0, 0.05) is 36.2 Å². The summed E-state index contributed by atoms with van der Waals surface area (Å²) in [5.41, 5.74) is 0.411. The Bertz CT molecular complexity index is 415. The summed E-state index contributed by atoms with van der Waals surface area (Å²) in [4.78, 5) is 2.39. The first-order valence-corrected chi connectivity index (χ1v) is 7.99. The molecule has 1 heterocycles. The van der Waals surface area contributed by atoms with Crippen molar-refractivity contribution in [2.75, 3.05) is 24.6 Å². The Morgan fingerprint density at radius 1 is 1.47 bits per heavy atom. The summed E-state index contributed by atoms with van der Waals surface area (Å²) in [6, 6.07) is 7.04. The van der Waals surface area contributed by atoms with Crippen molar-refractivity contribution in [2.45, 2.75) is 26.0 Å². The summed E-state index contributed by atoms with van der Waals surface area (Å²) in [6.45, 7) is 6.08. The third-order valence-corrected chi connectivity index (χ3v) is 4.98. The summed E-state index contributed by atoms with van der Waals surface area (Å²) in [6.07, 6.45) is -0.733. The fourth-order valence-corrected chi connectivity index (χ4v) is 3.61. The molecule has 1 saturated heterocycles. The highest BCUT2D eigenvalue weighted by Crippen LogP contribution is 2.26. The van der Waals surface area contributed by atoms with Crippen molar-refractivity contribution in [2.24, 2.45) is 5.92 Å². The van der Waals surface area contributed by atoms with Crippen LogP contribution < -0.4 is 0 Å². The molecule has 1 N–H and O–H groups in total. The number of hydrogen-bond acceptors (Lipinski definition) is 3. The van der Waals surface area contributed by atoms with Crippen LogP contribution in [0.3, 0.4) is 0 Å². The van der Waals surface area contributed by atoms with Gasteiger partial charge < -0.3 is 5.11 Å². The second-order valence-corrected chi connectivity index (χ2v) is 6.51. The fourth-order valence-electron chi connectivity index (χ4n) is 2.52. The van der Waals surface area contributed by atoms with Gasteiger partial charge in [0.25, 0.3) is 0 Å². The van der Waals surface area contributed by atoms with Gasteiger partial charge in [0.1, 0.15) is 5.82 Å². The van der Waals surface area contributed by atoms with E-state index in [-0.39, 0.29) is 11.7 Å².